The molecule has 1 N–H and O–H groups in total. The first kappa shape index (κ1) is 18.1. The number of nitrogens with zero attached hydrogens (tertiary/aromatic N) is 3. The van der Waals surface area contributed by atoms with Crippen molar-refractivity contribution in [3.05, 3.63) is 34.4 Å². The van der Waals surface area contributed by atoms with Crippen molar-refractivity contribution in [1.29, 1.82) is 0 Å². The molecule has 2 aromatic rings. The molecule has 0 radical (unpaired) electrons. The molecule has 24 heavy (non-hydrogen) atoms. The Morgan fingerprint density at radius 1 is 1.33 bits per heavy atom. The van der Waals surface area contributed by atoms with Crippen LogP contribution in [0.3, 0.4) is 0 Å². The zero-order valence-corrected chi connectivity index (χ0v) is 14.9. The summed E-state index contributed by atoms with van der Waals surface area (Å²) in [5.74, 6) is 0.507. The monoisotopic (exact) mass is 370 g/mol. The topological polar surface area (TPSA) is 76.6 Å². The predicted octanol–water partition coefficient (Wildman–Crippen LogP) is 2.88. The number of benzene rings is 1. The van der Waals surface area contributed by atoms with Crippen LogP contribution in [-0.4, -0.2) is 43.7 Å². The molecule has 2 rings (SSSR count). The first-order valence-electron chi connectivity index (χ1n) is 6.86. The minimum absolute atomic E-state index is 0.209. The number of methoxy groups -OCH3 is 1. The Kier molecular flexibility index (Phi) is 6.05. The molecule has 0 spiro atoms. The second-order valence-electron chi connectivity index (χ2n) is 4.90. The van der Waals surface area contributed by atoms with E-state index in [2.05, 4.69) is 15.3 Å². The summed E-state index contributed by atoms with van der Waals surface area (Å²) in [6.07, 6.45) is 1.47. The molecule has 0 bridgehead atoms. The van der Waals surface area contributed by atoms with Gasteiger partial charge in [-0.1, -0.05) is 23.2 Å². The van der Waals surface area contributed by atoms with Crippen LogP contribution in [0, 0.1) is 0 Å². The van der Waals surface area contributed by atoms with Gasteiger partial charge in [0.2, 0.25) is 0 Å². The highest BCUT2D eigenvalue weighted by Crippen LogP contribution is 2.27. The highest BCUT2D eigenvalue weighted by molar-refractivity contribution is 6.35. The molecule has 1 aromatic carbocycles. The van der Waals surface area contributed by atoms with E-state index in [0.717, 1.165) is 0 Å². The van der Waals surface area contributed by atoms with Crippen LogP contribution in [0.15, 0.2) is 24.4 Å². The predicted molar refractivity (Wildman–Crippen MR) is 93.5 cm³/mol. The SMILES string of the molecule is COc1ncc(NC(=O)COc2ccc(Cl)cc2Cl)c(N(C)C)n1. The fourth-order valence-electron chi connectivity index (χ4n) is 1.81. The molecular weight excluding hydrogens is 355 g/mol. The number of ether oxygens (including phenoxy) is 2. The van der Waals surface area contributed by atoms with E-state index in [1.165, 1.54) is 19.4 Å². The van der Waals surface area contributed by atoms with Gasteiger partial charge in [-0.15, -0.1) is 0 Å². The molecule has 1 amide bonds. The summed E-state index contributed by atoms with van der Waals surface area (Å²) in [6.45, 7) is -0.222. The largest absolute Gasteiger partial charge is 0.482 e. The lowest BCUT2D eigenvalue weighted by molar-refractivity contribution is -0.118. The summed E-state index contributed by atoms with van der Waals surface area (Å²) in [6, 6.07) is 4.97. The number of halogens is 2. The molecule has 128 valence electrons. The third kappa shape index (κ3) is 4.62. The molecule has 0 fully saturated rings. The minimum Gasteiger partial charge on any atom is -0.482 e. The molecule has 0 aliphatic rings. The van der Waals surface area contributed by atoms with Crippen molar-refractivity contribution >= 4 is 40.6 Å². The number of hydrogen-bond donors (Lipinski definition) is 1. The molecule has 0 saturated carbocycles. The smallest absolute Gasteiger partial charge is 0.318 e. The summed E-state index contributed by atoms with van der Waals surface area (Å²) in [5.41, 5.74) is 0.441. The van der Waals surface area contributed by atoms with Crippen LogP contribution in [-0.2, 0) is 4.79 Å². The number of hydrogen-bond acceptors (Lipinski definition) is 6. The van der Waals surface area contributed by atoms with E-state index in [0.29, 0.717) is 27.3 Å². The average Bonchev–Trinajstić information content (AvgIpc) is 2.54. The number of carbonyl (C=O) groups excluding carboxylic acids is 1. The van der Waals surface area contributed by atoms with Crippen LogP contribution < -0.4 is 19.7 Å². The first-order valence-corrected chi connectivity index (χ1v) is 7.62. The second kappa shape index (κ2) is 8.03. The van der Waals surface area contributed by atoms with Crippen molar-refractivity contribution in [3.8, 4) is 11.8 Å². The maximum atomic E-state index is 12.1. The Labute approximate surface area is 149 Å². The van der Waals surface area contributed by atoms with Gasteiger partial charge in [0, 0.05) is 19.1 Å². The van der Waals surface area contributed by atoms with Crippen molar-refractivity contribution in [2.24, 2.45) is 0 Å². The van der Waals surface area contributed by atoms with E-state index in [9.17, 15) is 4.79 Å². The summed E-state index contributed by atoms with van der Waals surface area (Å²) in [5, 5.41) is 3.51. The Morgan fingerprint density at radius 2 is 2.08 bits per heavy atom. The van der Waals surface area contributed by atoms with E-state index in [4.69, 9.17) is 32.7 Å². The zero-order valence-electron chi connectivity index (χ0n) is 13.3. The van der Waals surface area contributed by atoms with Crippen molar-refractivity contribution in [2.75, 3.05) is 38.0 Å². The standard InChI is InChI=1S/C15H16Cl2N4O3/c1-21(2)14-11(7-18-15(20-14)23-3)19-13(22)8-24-12-5-4-9(16)6-10(12)17/h4-7H,8H2,1-3H3,(H,19,22). The molecule has 0 aliphatic heterocycles. The van der Waals surface area contributed by atoms with Crippen LogP contribution in [0.4, 0.5) is 11.5 Å². The quantitative estimate of drug-likeness (QED) is 0.842. The molecule has 9 heteroatoms. The Balaban J connectivity index is 2.04. The van der Waals surface area contributed by atoms with Crippen molar-refractivity contribution < 1.29 is 14.3 Å². The van der Waals surface area contributed by atoms with Crippen LogP contribution in [0.25, 0.3) is 0 Å². The van der Waals surface area contributed by atoms with Gasteiger partial charge < -0.3 is 19.7 Å². The van der Waals surface area contributed by atoms with E-state index in [1.807, 2.05) is 0 Å². The highest BCUT2D eigenvalue weighted by atomic mass is 35.5. The van der Waals surface area contributed by atoms with Gasteiger partial charge in [0.05, 0.1) is 18.3 Å². The fourth-order valence-corrected chi connectivity index (χ4v) is 2.27. The Hall–Kier alpha value is -2.25. The Bertz CT molecular complexity index is 741. The second-order valence-corrected chi connectivity index (χ2v) is 5.74. The first-order chi connectivity index (χ1) is 11.4. The van der Waals surface area contributed by atoms with Gasteiger partial charge in [-0.3, -0.25) is 4.79 Å². The molecule has 0 atom stereocenters. The number of nitrogens with one attached hydrogen (secondary N) is 1. The third-order valence-corrected chi connectivity index (χ3v) is 3.41. The summed E-state index contributed by atoms with van der Waals surface area (Å²) >= 11 is 11.8. The van der Waals surface area contributed by atoms with Gasteiger partial charge in [-0.2, -0.15) is 4.98 Å². The molecule has 0 aliphatic carbocycles. The maximum Gasteiger partial charge on any atom is 0.318 e. The third-order valence-electron chi connectivity index (χ3n) is 2.88. The van der Waals surface area contributed by atoms with E-state index in [-0.39, 0.29) is 18.5 Å². The number of amides is 1. The van der Waals surface area contributed by atoms with Crippen LogP contribution >= 0.6 is 23.2 Å². The Morgan fingerprint density at radius 3 is 2.71 bits per heavy atom. The molecule has 1 heterocycles. The van der Waals surface area contributed by atoms with Crippen LogP contribution in [0.2, 0.25) is 10.0 Å². The van der Waals surface area contributed by atoms with E-state index in [1.54, 1.807) is 31.1 Å². The molecule has 0 unspecified atom stereocenters. The highest BCUT2D eigenvalue weighted by Gasteiger charge is 2.13. The number of anilines is 2. The maximum absolute atomic E-state index is 12.1. The number of rotatable bonds is 6. The zero-order chi connectivity index (χ0) is 17.7. The van der Waals surface area contributed by atoms with Gasteiger partial charge >= 0.3 is 6.01 Å². The van der Waals surface area contributed by atoms with Gasteiger partial charge in [-0.05, 0) is 18.2 Å². The molecular formula is C15H16Cl2N4O3. The fraction of sp³-hybridized carbons (Fsp3) is 0.267. The number of carbonyl (C=O) groups is 1. The molecule has 7 nitrogen and oxygen atoms in total. The van der Waals surface area contributed by atoms with Crippen molar-refractivity contribution in [1.82, 2.24) is 9.97 Å². The van der Waals surface area contributed by atoms with Gasteiger partial charge in [0.15, 0.2) is 12.4 Å². The summed E-state index contributed by atoms with van der Waals surface area (Å²) in [7, 11) is 5.06. The van der Waals surface area contributed by atoms with E-state index >= 15 is 0 Å². The summed E-state index contributed by atoms with van der Waals surface area (Å²) in [4.78, 5) is 22.0. The molecule has 0 saturated heterocycles. The molecule has 1 aromatic heterocycles. The van der Waals surface area contributed by atoms with Crippen LogP contribution in [0.5, 0.6) is 11.8 Å². The minimum atomic E-state index is -0.377. The lowest BCUT2D eigenvalue weighted by Crippen LogP contribution is -2.23. The lowest BCUT2D eigenvalue weighted by Gasteiger charge is -2.17. The lowest BCUT2D eigenvalue weighted by atomic mass is 10.3. The van der Waals surface area contributed by atoms with E-state index < -0.39 is 0 Å². The van der Waals surface area contributed by atoms with Crippen molar-refractivity contribution in [3.63, 3.8) is 0 Å². The van der Waals surface area contributed by atoms with Gasteiger partial charge in [-0.25, -0.2) is 4.98 Å². The average molecular weight is 371 g/mol. The van der Waals surface area contributed by atoms with Gasteiger partial charge in [0.25, 0.3) is 5.91 Å². The normalized spacial score (nSPS) is 10.2. The summed E-state index contributed by atoms with van der Waals surface area (Å²) < 4.78 is 10.4. The number of aromatic nitrogens is 2. The van der Waals surface area contributed by atoms with Crippen molar-refractivity contribution in [2.45, 2.75) is 0 Å². The van der Waals surface area contributed by atoms with Crippen LogP contribution in [0.1, 0.15) is 0 Å². The van der Waals surface area contributed by atoms with Gasteiger partial charge in [0.1, 0.15) is 11.4 Å².